The van der Waals surface area contributed by atoms with Crippen LogP contribution in [0.3, 0.4) is 0 Å². The molecule has 4 heteroatoms. The third-order valence-corrected chi connectivity index (χ3v) is 3.84. The van der Waals surface area contributed by atoms with Crippen molar-refractivity contribution < 1.29 is 14.2 Å². The zero-order valence-electron chi connectivity index (χ0n) is 11.4. The molecule has 1 fully saturated rings. The average molecular weight is 263 g/mol. The van der Waals surface area contributed by atoms with Crippen LogP contribution < -0.4 is 14.8 Å². The molecule has 2 heterocycles. The molecular weight excluding hydrogens is 242 g/mol. The second kappa shape index (κ2) is 5.80. The van der Waals surface area contributed by atoms with Crippen molar-refractivity contribution in [3.05, 3.63) is 23.8 Å². The fourth-order valence-corrected chi connectivity index (χ4v) is 2.79. The Morgan fingerprint density at radius 1 is 1.21 bits per heavy atom. The summed E-state index contributed by atoms with van der Waals surface area (Å²) in [4.78, 5) is 0. The molecule has 2 aliphatic heterocycles. The van der Waals surface area contributed by atoms with Gasteiger partial charge in [-0.15, -0.1) is 0 Å². The average Bonchev–Trinajstić information content (AvgIpc) is 2.97. The van der Waals surface area contributed by atoms with Gasteiger partial charge in [-0.2, -0.15) is 0 Å². The third-order valence-electron chi connectivity index (χ3n) is 3.84. The first kappa shape index (κ1) is 12.8. The van der Waals surface area contributed by atoms with Crippen LogP contribution in [0.15, 0.2) is 18.2 Å². The highest BCUT2D eigenvalue weighted by molar-refractivity contribution is 5.44. The van der Waals surface area contributed by atoms with Gasteiger partial charge < -0.3 is 19.5 Å². The molecule has 4 nitrogen and oxygen atoms in total. The van der Waals surface area contributed by atoms with Gasteiger partial charge in [-0.05, 0) is 44.0 Å². The Kier molecular flexibility index (Phi) is 3.89. The highest BCUT2D eigenvalue weighted by atomic mass is 16.6. The predicted molar refractivity (Wildman–Crippen MR) is 72.8 cm³/mol. The molecule has 0 amide bonds. The van der Waals surface area contributed by atoms with E-state index in [4.69, 9.17) is 14.2 Å². The Balaban J connectivity index is 1.74. The van der Waals surface area contributed by atoms with E-state index < -0.39 is 0 Å². The van der Waals surface area contributed by atoms with Gasteiger partial charge in [-0.25, -0.2) is 0 Å². The number of fused-ring (bicyclic) bond motifs is 1. The number of hydrogen-bond acceptors (Lipinski definition) is 4. The summed E-state index contributed by atoms with van der Waals surface area (Å²) in [5.41, 5.74) is 1.24. The number of hydrogen-bond donors (Lipinski definition) is 1. The lowest BCUT2D eigenvalue weighted by molar-refractivity contribution is 0.0953. The van der Waals surface area contributed by atoms with Crippen LogP contribution in [0, 0.1) is 0 Å². The number of benzene rings is 1. The quantitative estimate of drug-likeness (QED) is 0.904. The van der Waals surface area contributed by atoms with Crippen LogP contribution in [0.4, 0.5) is 0 Å². The van der Waals surface area contributed by atoms with Gasteiger partial charge in [0, 0.05) is 12.6 Å². The molecule has 0 aliphatic carbocycles. The fourth-order valence-electron chi connectivity index (χ4n) is 2.79. The lowest BCUT2D eigenvalue weighted by Crippen LogP contribution is -2.22. The molecule has 0 aromatic heterocycles. The van der Waals surface area contributed by atoms with Crippen LogP contribution >= 0.6 is 0 Å². The minimum absolute atomic E-state index is 0.305. The second-order valence-electron chi connectivity index (χ2n) is 5.12. The van der Waals surface area contributed by atoms with Crippen LogP contribution in [0.25, 0.3) is 0 Å². The van der Waals surface area contributed by atoms with Crippen molar-refractivity contribution in [1.82, 2.24) is 5.32 Å². The Hall–Kier alpha value is -1.26. The largest absolute Gasteiger partial charge is 0.486 e. The van der Waals surface area contributed by atoms with Crippen LogP contribution in [0.2, 0.25) is 0 Å². The van der Waals surface area contributed by atoms with Gasteiger partial charge in [0.25, 0.3) is 0 Å². The maximum atomic E-state index is 5.72. The zero-order valence-corrected chi connectivity index (χ0v) is 11.4. The lowest BCUT2D eigenvalue weighted by atomic mass is 9.99. The first-order chi connectivity index (χ1) is 9.36. The van der Waals surface area contributed by atoms with Crippen molar-refractivity contribution in [2.45, 2.75) is 31.4 Å². The van der Waals surface area contributed by atoms with Crippen molar-refractivity contribution >= 4 is 0 Å². The lowest BCUT2D eigenvalue weighted by Gasteiger charge is -2.23. The van der Waals surface area contributed by atoms with Gasteiger partial charge in [-0.1, -0.05) is 6.07 Å². The van der Waals surface area contributed by atoms with E-state index >= 15 is 0 Å². The summed E-state index contributed by atoms with van der Waals surface area (Å²) in [6.45, 7) is 2.17. The summed E-state index contributed by atoms with van der Waals surface area (Å²) in [6, 6.07) is 6.51. The molecule has 2 atom stereocenters. The van der Waals surface area contributed by atoms with E-state index in [2.05, 4.69) is 17.4 Å². The first-order valence-corrected chi connectivity index (χ1v) is 7.05. The van der Waals surface area contributed by atoms with Gasteiger partial charge in [-0.3, -0.25) is 0 Å². The van der Waals surface area contributed by atoms with Gasteiger partial charge in [0.2, 0.25) is 0 Å². The van der Waals surface area contributed by atoms with E-state index in [1.807, 2.05) is 13.1 Å². The molecule has 19 heavy (non-hydrogen) atoms. The molecule has 0 bridgehead atoms. The maximum Gasteiger partial charge on any atom is 0.161 e. The molecule has 1 aromatic rings. The SMILES string of the molecule is CNC(CC1CCCO1)c1ccc2c(c1)OCCO2. The summed E-state index contributed by atoms with van der Waals surface area (Å²) in [5.74, 6) is 1.71. The van der Waals surface area contributed by atoms with Crippen molar-refractivity contribution in [2.24, 2.45) is 0 Å². The predicted octanol–water partition coefficient (Wildman–Crippen LogP) is 2.29. The highest BCUT2D eigenvalue weighted by Gasteiger charge is 2.22. The van der Waals surface area contributed by atoms with Crippen molar-refractivity contribution in [3.8, 4) is 11.5 Å². The monoisotopic (exact) mass is 263 g/mol. The van der Waals surface area contributed by atoms with Gasteiger partial charge in [0.05, 0.1) is 6.10 Å². The smallest absolute Gasteiger partial charge is 0.161 e. The maximum absolute atomic E-state index is 5.72. The van der Waals surface area contributed by atoms with Crippen molar-refractivity contribution in [2.75, 3.05) is 26.9 Å². The molecule has 0 radical (unpaired) electrons. The molecule has 2 aliphatic rings. The van der Waals surface area contributed by atoms with Crippen LogP contribution in [-0.4, -0.2) is 33.0 Å². The molecular formula is C15H21NO3. The summed E-state index contributed by atoms with van der Waals surface area (Å²) in [7, 11) is 2.00. The molecule has 1 N–H and O–H groups in total. The summed E-state index contributed by atoms with van der Waals surface area (Å²) in [5, 5.41) is 3.38. The van der Waals surface area contributed by atoms with Crippen LogP contribution in [0.5, 0.6) is 11.5 Å². The Morgan fingerprint density at radius 3 is 2.79 bits per heavy atom. The fraction of sp³-hybridized carbons (Fsp3) is 0.600. The van der Waals surface area contributed by atoms with Gasteiger partial charge in [0.15, 0.2) is 11.5 Å². The van der Waals surface area contributed by atoms with Gasteiger partial charge >= 0.3 is 0 Å². The normalized spacial score (nSPS) is 23.3. The topological polar surface area (TPSA) is 39.7 Å². The molecule has 1 saturated heterocycles. The molecule has 2 unspecified atom stereocenters. The summed E-state index contributed by atoms with van der Waals surface area (Å²) < 4.78 is 16.9. The third kappa shape index (κ3) is 2.85. The summed E-state index contributed by atoms with van der Waals surface area (Å²) >= 11 is 0. The molecule has 104 valence electrons. The van der Waals surface area contributed by atoms with E-state index in [-0.39, 0.29) is 0 Å². The van der Waals surface area contributed by atoms with Crippen molar-refractivity contribution in [3.63, 3.8) is 0 Å². The standard InChI is InChI=1S/C15H21NO3/c1-16-13(10-12-3-2-6-17-12)11-4-5-14-15(9-11)19-8-7-18-14/h4-5,9,12-13,16H,2-3,6-8,10H2,1H3. The minimum atomic E-state index is 0.305. The first-order valence-electron chi connectivity index (χ1n) is 7.05. The summed E-state index contributed by atoms with van der Waals surface area (Å²) in [6.07, 6.45) is 3.74. The van der Waals surface area contributed by atoms with Gasteiger partial charge in [0.1, 0.15) is 13.2 Å². The van der Waals surface area contributed by atoms with E-state index in [1.165, 1.54) is 18.4 Å². The molecule has 3 rings (SSSR count). The second-order valence-corrected chi connectivity index (χ2v) is 5.12. The number of rotatable bonds is 4. The zero-order chi connectivity index (χ0) is 13.1. The van der Waals surface area contributed by atoms with Crippen LogP contribution in [-0.2, 0) is 4.74 Å². The van der Waals surface area contributed by atoms with E-state index in [0.717, 1.165) is 24.5 Å². The minimum Gasteiger partial charge on any atom is -0.486 e. The molecule has 1 aromatic carbocycles. The number of nitrogens with one attached hydrogen (secondary N) is 1. The van der Waals surface area contributed by atoms with E-state index in [1.54, 1.807) is 0 Å². The highest BCUT2D eigenvalue weighted by Crippen LogP contribution is 2.34. The molecule has 0 spiro atoms. The van der Waals surface area contributed by atoms with E-state index in [0.29, 0.717) is 25.4 Å². The molecule has 0 saturated carbocycles. The Labute approximate surface area is 114 Å². The Morgan fingerprint density at radius 2 is 2.05 bits per heavy atom. The van der Waals surface area contributed by atoms with Crippen LogP contribution in [0.1, 0.15) is 30.9 Å². The van der Waals surface area contributed by atoms with Crippen molar-refractivity contribution in [1.29, 1.82) is 0 Å². The number of ether oxygens (including phenoxy) is 3. The van der Waals surface area contributed by atoms with E-state index in [9.17, 15) is 0 Å². The Bertz CT molecular complexity index is 429.